The van der Waals surface area contributed by atoms with Gasteiger partial charge in [-0.05, 0) is 31.0 Å². The molecular formula is C20H27NO6. The number of hydrogen-bond acceptors (Lipinski definition) is 6. The van der Waals surface area contributed by atoms with Gasteiger partial charge in [0.15, 0.2) is 11.9 Å². The van der Waals surface area contributed by atoms with E-state index >= 15 is 0 Å². The number of rotatable bonds is 8. The average molecular weight is 377 g/mol. The van der Waals surface area contributed by atoms with E-state index < -0.39 is 18.2 Å². The number of hydrogen-bond donors (Lipinski definition) is 0. The Morgan fingerprint density at radius 2 is 1.96 bits per heavy atom. The van der Waals surface area contributed by atoms with Crippen LogP contribution in [0.3, 0.4) is 0 Å². The van der Waals surface area contributed by atoms with Gasteiger partial charge in [0.2, 0.25) is 0 Å². The van der Waals surface area contributed by atoms with Crippen molar-refractivity contribution in [3.05, 3.63) is 23.8 Å². The molecule has 1 amide bonds. The number of fused-ring (bicyclic) bond motifs is 1. The molecule has 0 spiro atoms. The van der Waals surface area contributed by atoms with Gasteiger partial charge in [0.05, 0.1) is 12.3 Å². The Hall–Kier alpha value is -2.41. The Morgan fingerprint density at radius 3 is 2.56 bits per heavy atom. The van der Waals surface area contributed by atoms with Crippen molar-refractivity contribution in [2.45, 2.75) is 46.3 Å². The first-order valence-corrected chi connectivity index (χ1v) is 9.12. The number of amides is 1. The lowest BCUT2D eigenvalue weighted by Crippen LogP contribution is -2.50. The summed E-state index contributed by atoms with van der Waals surface area (Å²) in [6.45, 7) is 7.24. The van der Waals surface area contributed by atoms with Gasteiger partial charge in [-0.15, -0.1) is 0 Å². The van der Waals surface area contributed by atoms with Crippen molar-refractivity contribution in [3.8, 4) is 5.75 Å². The molecule has 0 bridgehead atoms. The average Bonchev–Trinajstić information content (AvgIpc) is 2.62. The molecule has 0 fully saturated rings. The van der Waals surface area contributed by atoms with Crippen LogP contribution in [0.4, 0.5) is 5.69 Å². The number of esters is 1. The predicted octanol–water partition coefficient (Wildman–Crippen LogP) is 2.61. The molecule has 0 saturated heterocycles. The zero-order valence-electron chi connectivity index (χ0n) is 16.5. The number of ether oxygens (including phenoxy) is 3. The molecule has 27 heavy (non-hydrogen) atoms. The van der Waals surface area contributed by atoms with E-state index in [-0.39, 0.29) is 30.8 Å². The van der Waals surface area contributed by atoms with E-state index in [1.54, 1.807) is 32.0 Å². The summed E-state index contributed by atoms with van der Waals surface area (Å²) in [5, 5.41) is 0. The lowest BCUT2D eigenvalue weighted by Gasteiger charge is -2.35. The van der Waals surface area contributed by atoms with Crippen LogP contribution in [0, 0.1) is 5.92 Å². The topological polar surface area (TPSA) is 82.1 Å². The fraction of sp³-hybridized carbons (Fsp3) is 0.550. The first kappa shape index (κ1) is 20.9. The fourth-order valence-electron chi connectivity index (χ4n) is 2.91. The van der Waals surface area contributed by atoms with Crippen LogP contribution in [-0.2, 0) is 19.1 Å². The van der Waals surface area contributed by atoms with Gasteiger partial charge in [0.25, 0.3) is 5.91 Å². The Balaban J connectivity index is 2.34. The van der Waals surface area contributed by atoms with E-state index in [1.165, 1.54) is 12.0 Å². The van der Waals surface area contributed by atoms with Crippen molar-refractivity contribution < 1.29 is 28.6 Å². The molecule has 0 radical (unpaired) electrons. The smallest absolute Gasteiger partial charge is 0.326 e. The zero-order chi connectivity index (χ0) is 20.1. The van der Waals surface area contributed by atoms with E-state index in [2.05, 4.69) is 0 Å². The minimum absolute atomic E-state index is 0.0486. The summed E-state index contributed by atoms with van der Waals surface area (Å²) in [7, 11) is 1.52. The van der Waals surface area contributed by atoms with Crippen LogP contribution >= 0.6 is 0 Å². The van der Waals surface area contributed by atoms with Gasteiger partial charge in [0.1, 0.15) is 18.4 Å². The van der Waals surface area contributed by atoms with Crippen LogP contribution in [0.15, 0.2) is 18.2 Å². The van der Waals surface area contributed by atoms with Crippen molar-refractivity contribution in [3.63, 3.8) is 0 Å². The van der Waals surface area contributed by atoms with Crippen molar-refractivity contribution in [1.29, 1.82) is 0 Å². The molecule has 1 heterocycles. The highest BCUT2D eigenvalue weighted by atomic mass is 16.6. The third-order valence-electron chi connectivity index (χ3n) is 4.28. The molecule has 2 unspecified atom stereocenters. The predicted molar refractivity (Wildman–Crippen MR) is 100 cm³/mol. The van der Waals surface area contributed by atoms with Gasteiger partial charge in [-0.2, -0.15) is 0 Å². The molecule has 148 valence electrons. The highest BCUT2D eigenvalue weighted by Crippen LogP contribution is 2.36. The molecule has 0 N–H and O–H groups in total. The van der Waals surface area contributed by atoms with Gasteiger partial charge in [-0.1, -0.05) is 20.8 Å². The summed E-state index contributed by atoms with van der Waals surface area (Å²) < 4.78 is 16.1. The summed E-state index contributed by atoms with van der Waals surface area (Å²) in [5.74, 6) is -0.523. The summed E-state index contributed by atoms with van der Waals surface area (Å²) in [6.07, 6.45) is -0.778. The number of nitrogens with zero attached hydrogens (tertiary/aromatic N) is 1. The van der Waals surface area contributed by atoms with Gasteiger partial charge in [-0.25, -0.2) is 0 Å². The van der Waals surface area contributed by atoms with Crippen molar-refractivity contribution in [1.82, 2.24) is 0 Å². The minimum atomic E-state index is -0.700. The molecule has 0 saturated carbocycles. The second-order valence-corrected chi connectivity index (χ2v) is 6.92. The SMILES string of the molecule is CCC(=O)c1ccc2c(c1)N(CC(=O)OC(C)COC)C(=O)C(C(C)C)O2. The number of Topliss-reactive ketones (excluding diaryl/α,β-unsaturated/α-hetero) is 1. The fourth-order valence-corrected chi connectivity index (χ4v) is 2.91. The molecule has 1 aliphatic heterocycles. The Bertz CT molecular complexity index is 714. The molecule has 2 rings (SSSR count). The minimum Gasteiger partial charge on any atom is -0.478 e. The number of ketones is 1. The maximum absolute atomic E-state index is 12.9. The van der Waals surface area contributed by atoms with Crippen LogP contribution in [0.5, 0.6) is 5.75 Å². The summed E-state index contributed by atoms with van der Waals surface area (Å²) >= 11 is 0. The van der Waals surface area contributed by atoms with Crippen molar-refractivity contribution >= 4 is 23.3 Å². The number of benzene rings is 1. The molecule has 2 atom stereocenters. The first-order chi connectivity index (χ1) is 12.8. The van der Waals surface area contributed by atoms with Gasteiger partial charge >= 0.3 is 5.97 Å². The first-order valence-electron chi connectivity index (χ1n) is 9.12. The van der Waals surface area contributed by atoms with Crippen LogP contribution in [0.1, 0.15) is 44.5 Å². The maximum atomic E-state index is 12.9. The van der Waals surface area contributed by atoms with E-state index in [9.17, 15) is 14.4 Å². The third-order valence-corrected chi connectivity index (χ3v) is 4.28. The van der Waals surface area contributed by atoms with Gasteiger partial charge in [-0.3, -0.25) is 19.3 Å². The highest BCUT2D eigenvalue weighted by Gasteiger charge is 2.38. The van der Waals surface area contributed by atoms with Crippen LogP contribution < -0.4 is 9.64 Å². The second-order valence-electron chi connectivity index (χ2n) is 6.92. The monoisotopic (exact) mass is 377 g/mol. The van der Waals surface area contributed by atoms with E-state index in [0.717, 1.165) is 0 Å². The Labute approximate surface area is 159 Å². The lowest BCUT2D eigenvalue weighted by molar-refractivity contribution is -0.150. The summed E-state index contributed by atoms with van der Waals surface area (Å²) in [4.78, 5) is 38.6. The van der Waals surface area contributed by atoms with Gasteiger partial charge in [0, 0.05) is 19.1 Å². The Morgan fingerprint density at radius 1 is 1.26 bits per heavy atom. The molecule has 1 aliphatic rings. The normalized spacial score (nSPS) is 17.3. The van der Waals surface area contributed by atoms with Crippen LogP contribution in [0.25, 0.3) is 0 Å². The number of carbonyl (C=O) groups excluding carboxylic acids is 3. The van der Waals surface area contributed by atoms with E-state index in [0.29, 0.717) is 23.4 Å². The standard InChI is InChI=1S/C20H27NO6/c1-6-16(22)14-7-8-17-15(9-14)21(20(24)19(27-17)12(2)3)10-18(23)26-13(4)11-25-5/h7-9,12-13,19H,6,10-11H2,1-5H3. The molecule has 1 aromatic carbocycles. The van der Waals surface area contributed by atoms with Crippen molar-refractivity contribution in [2.75, 3.05) is 25.2 Å². The highest BCUT2D eigenvalue weighted by molar-refractivity contribution is 6.05. The summed E-state index contributed by atoms with van der Waals surface area (Å²) in [6, 6.07) is 4.95. The van der Waals surface area contributed by atoms with E-state index in [4.69, 9.17) is 14.2 Å². The quantitative estimate of drug-likeness (QED) is 0.512. The number of methoxy groups -OCH3 is 1. The molecule has 1 aromatic rings. The number of carbonyl (C=O) groups is 3. The van der Waals surface area contributed by atoms with E-state index in [1.807, 2.05) is 13.8 Å². The number of anilines is 1. The second kappa shape index (κ2) is 8.99. The van der Waals surface area contributed by atoms with Crippen LogP contribution in [-0.4, -0.2) is 50.1 Å². The summed E-state index contributed by atoms with van der Waals surface area (Å²) in [5.41, 5.74) is 0.884. The zero-order valence-corrected chi connectivity index (χ0v) is 16.5. The third kappa shape index (κ3) is 4.86. The van der Waals surface area contributed by atoms with Crippen LogP contribution in [0.2, 0.25) is 0 Å². The molecule has 0 aromatic heterocycles. The molecule has 7 nitrogen and oxygen atoms in total. The lowest BCUT2D eigenvalue weighted by atomic mass is 10.0. The maximum Gasteiger partial charge on any atom is 0.326 e. The van der Waals surface area contributed by atoms with Crippen molar-refractivity contribution in [2.24, 2.45) is 5.92 Å². The molecule has 0 aliphatic carbocycles. The molecular weight excluding hydrogens is 350 g/mol. The largest absolute Gasteiger partial charge is 0.478 e. The Kier molecular flexibility index (Phi) is 6.96. The molecule has 7 heteroatoms. The van der Waals surface area contributed by atoms with Gasteiger partial charge < -0.3 is 14.2 Å².